The highest BCUT2D eigenvalue weighted by Crippen LogP contribution is 2.44. The van der Waals surface area contributed by atoms with Gasteiger partial charge in [0, 0.05) is 17.3 Å². The van der Waals surface area contributed by atoms with E-state index in [1.54, 1.807) is 0 Å². The van der Waals surface area contributed by atoms with Gasteiger partial charge in [-0.25, -0.2) is 0 Å². The van der Waals surface area contributed by atoms with E-state index in [4.69, 9.17) is 16.1 Å². The minimum absolute atomic E-state index is 0.0204. The molecule has 3 rings (SSSR count). The van der Waals surface area contributed by atoms with Gasteiger partial charge in [-0.1, -0.05) is 18.9 Å². The van der Waals surface area contributed by atoms with Crippen molar-refractivity contribution in [3.63, 3.8) is 0 Å². The fraction of sp³-hybridized carbons (Fsp3) is 0.688. The molecule has 0 aromatic heterocycles. The molecular formula is C16H24N4OS. The summed E-state index contributed by atoms with van der Waals surface area (Å²) in [4.78, 5) is 16.5. The molecule has 0 saturated carbocycles. The number of allylic oxidation sites excluding steroid dienone is 1. The number of hydrogen-bond donors (Lipinski definition) is 3. The summed E-state index contributed by atoms with van der Waals surface area (Å²) < 4.78 is 0. The van der Waals surface area contributed by atoms with Crippen LogP contribution in [0.4, 0.5) is 0 Å². The lowest BCUT2D eigenvalue weighted by atomic mass is 9.83. The van der Waals surface area contributed by atoms with Gasteiger partial charge in [-0.05, 0) is 38.4 Å². The molecule has 3 atom stereocenters. The molecule has 4 N–H and O–H groups in total. The van der Waals surface area contributed by atoms with E-state index in [9.17, 15) is 4.79 Å². The molecule has 5 nitrogen and oxygen atoms in total. The summed E-state index contributed by atoms with van der Waals surface area (Å²) in [6.45, 7) is 4.24. The zero-order valence-corrected chi connectivity index (χ0v) is 13.8. The highest BCUT2D eigenvalue weighted by molar-refractivity contribution is 8.02. The van der Waals surface area contributed by atoms with E-state index in [-0.39, 0.29) is 11.3 Å². The number of thioether (sulfide) groups is 1. The van der Waals surface area contributed by atoms with Gasteiger partial charge < -0.3 is 16.5 Å². The third-order valence-corrected chi connectivity index (χ3v) is 6.16. The van der Waals surface area contributed by atoms with E-state index < -0.39 is 11.2 Å². The Balaban J connectivity index is 1.88. The molecule has 0 bridgehead atoms. The van der Waals surface area contributed by atoms with Gasteiger partial charge in [0.05, 0.1) is 5.92 Å². The second-order valence-corrected chi connectivity index (χ2v) is 7.52. The predicted molar refractivity (Wildman–Crippen MR) is 91.6 cm³/mol. The second-order valence-electron chi connectivity index (χ2n) is 6.29. The Morgan fingerprint density at radius 3 is 2.86 bits per heavy atom. The zero-order valence-electron chi connectivity index (χ0n) is 13.0. The number of carbonyl (C=O) groups is 1. The average molecular weight is 320 g/mol. The minimum Gasteiger partial charge on any atom is -0.368 e. The van der Waals surface area contributed by atoms with Gasteiger partial charge in [0.25, 0.3) is 0 Å². The highest BCUT2D eigenvalue weighted by Gasteiger charge is 2.46. The van der Waals surface area contributed by atoms with E-state index in [1.807, 2.05) is 0 Å². The molecule has 0 spiro atoms. The zero-order chi connectivity index (χ0) is 15.7. The van der Waals surface area contributed by atoms with Crippen molar-refractivity contribution < 1.29 is 4.79 Å². The number of piperidine rings is 1. The first-order chi connectivity index (χ1) is 10.6. The molecule has 0 aromatic rings. The van der Waals surface area contributed by atoms with E-state index in [0.717, 1.165) is 38.8 Å². The SMILES string of the molecule is CCCC1=CC(C2CCNCC2)=NC2SC(C(N)=O)C(=N)C12. The Hall–Kier alpha value is -1.14. The van der Waals surface area contributed by atoms with Crippen molar-refractivity contribution in [2.24, 2.45) is 22.6 Å². The van der Waals surface area contributed by atoms with Crippen LogP contribution in [0, 0.1) is 17.2 Å². The van der Waals surface area contributed by atoms with Crippen LogP contribution in [-0.4, -0.2) is 41.0 Å². The van der Waals surface area contributed by atoms with Gasteiger partial charge >= 0.3 is 0 Å². The molecule has 0 radical (unpaired) electrons. The van der Waals surface area contributed by atoms with Gasteiger partial charge in [0.2, 0.25) is 5.91 Å². The number of nitrogens with two attached hydrogens (primary N) is 1. The van der Waals surface area contributed by atoms with Crippen molar-refractivity contribution in [1.29, 1.82) is 5.41 Å². The number of nitrogens with zero attached hydrogens (tertiary/aromatic N) is 1. The van der Waals surface area contributed by atoms with Gasteiger partial charge in [-0.2, -0.15) is 0 Å². The molecule has 3 aliphatic heterocycles. The van der Waals surface area contributed by atoms with Crippen LogP contribution in [-0.2, 0) is 4.79 Å². The maximum absolute atomic E-state index is 11.6. The summed E-state index contributed by atoms with van der Waals surface area (Å²) in [6.07, 6.45) is 6.48. The molecule has 0 aliphatic carbocycles. The van der Waals surface area contributed by atoms with Crippen LogP contribution in [0.25, 0.3) is 0 Å². The van der Waals surface area contributed by atoms with Gasteiger partial charge in [0.15, 0.2) is 0 Å². The molecule has 22 heavy (non-hydrogen) atoms. The summed E-state index contributed by atoms with van der Waals surface area (Å²) in [5, 5.41) is 11.2. The van der Waals surface area contributed by atoms with Crippen LogP contribution in [0.5, 0.6) is 0 Å². The summed E-state index contributed by atoms with van der Waals surface area (Å²) in [7, 11) is 0. The Morgan fingerprint density at radius 2 is 2.23 bits per heavy atom. The lowest BCUT2D eigenvalue weighted by Crippen LogP contribution is -2.35. The predicted octanol–water partition coefficient (Wildman–Crippen LogP) is 1.73. The van der Waals surface area contributed by atoms with Crippen LogP contribution >= 0.6 is 11.8 Å². The maximum atomic E-state index is 11.6. The monoisotopic (exact) mass is 320 g/mol. The number of fused-ring (bicyclic) bond motifs is 1. The molecule has 3 aliphatic rings. The van der Waals surface area contributed by atoms with Gasteiger partial charge in [-0.15, -0.1) is 11.8 Å². The highest BCUT2D eigenvalue weighted by atomic mass is 32.2. The molecule has 120 valence electrons. The number of primary amides is 1. The number of aliphatic imine (C=N–C) groups is 1. The van der Waals surface area contributed by atoms with E-state index in [0.29, 0.717) is 11.6 Å². The molecule has 1 amide bonds. The van der Waals surface area contributed by atoms with Crippen LogP contribution in [0.1, 0.15) is 32.6 Å². The Kier molecular flexibility index (Phi) is 4.68. The topological polar surface area (TPSA) is 91.3 Å². The quantitative estimate of drug-likeness (QED) is 0.736. The van der Waals surface area contributed by atoms with Crippen molar-refractivity contribution >= 4 is 29.1 Å². The average Bonchev–Trinajstić information content (AvgIpc) is 2.86. The number of nitrogens with one attached hydrogen (secondary N) is 2. The van der Waals surface area contributed by atoms with Crippen LogP contribution in [0.3, 0.4) is 0 Å². The first kappa shape index (κ1) is 15.7. The molecule has 3 unspecified atom stereocenters. The molecule has 6 heteroatoms. The number of rotatable bonds is 4. The summed E-state index contributed by atoms with van der Waals surface area (Å²) in [6, 6.07) is 0. The molecule has 3 heterocycles. The van der Waals surface area contributed by atoms with E-state index in [2.05, 4.69) is 18.3 Å². The third kappa shape index (κ3) is 2.86. The lowest BCUT2D eigenvalue weighted by molar-refractivity contribution is -0.116. The summed E-state index contributed by atoms with van der Waals surface area (Å²) in [5.74, 6) is 0.0863. The molecule has 2 saturated heterocycles. The smallest absolute Gasteiger partial charge is 0.236 e. The van der Waals surface area contributed by atoms with E-state index in [1.165, 1.54) is 23.0 Å². The van der Waals surface area contributed by atoms with Crippen molar-refractivity contribution in [2.45, 2.75) is 43.2 Å². The van der Waals surface area contributed by atoms with E-state index >= 15 is 0 Å². The summed E-state index contributed by atoms with van der Waals surface area (Å²) >= 11 is 1.47. The Morgan fingerprint density at radius 1 is 1.50 bits per heavy atom. The van der Waals surface area contributed by atoms with Crippen LogP contribution in [0.15, 0.2) is 16.6 Å². The summed E-state index contributed by atoms with van der Waals surface area (Å²) in [5.41, 5.74) is 8.37. The number of amides is 1. The van der Waals surface area contributed by atoms with Crippen molar-refractivity contribution in [1.82, 2.24) is 5.32 Å². The number of dihydropyridines is 1. The van der Waals surface area contributed by atoms with Gasteiger partial charge in [0.1, 0.15) is 10.6 Å². The molecule has 0 aromatic carbocycles. The fourth-order valence-electron chi connectivity index (χ4n) is 3.64. The molecular weight excluding hydrogens is 296 g/mol. The van der Waals surface area contributed by atoms with Crippen LogP contribution in [0.2, 0.25) is 0 Å². The second kappa shape index (κ2) is 6.54. The van der Waals surface area contributed by atoms with Crippen molar-refractivity contribution in [2.75, 3.05) is 13.1 Å². The third-order valence-electron chi connectivity index (χ3n) is 4.74. The van der Waals surface area contributed by atoms with Crippen molar-refractivity contribution in [3.8, 4) is 0 Å². The maximum Gasteiger partial charge on any atom is 0.236 e. The first-order valence-corrected chi connectivity index (χ1v) is 9.08. The van der Waals surface area contributed by atoms with Gasteiger partial charge in [-0.3, -0.25) is 9.79 Å². The standard InChI is InChI=1S/C16H24N4OS/c1-2-3-10-8-11(9-4-6-19-7-5-9)20-16-12(10)13(17)14(22-16)15(18)21/h8-9,12,14,16-17,19H,2-7H2,1H3,(H2,18,21). The minimum atomic E-state index is -0.508. The molecule has 2 fully saturated rings. The number of hydrogen-bond acceptors (Lipinski definition) is 5. The normalized spacial score (nSPS) is 32.4. The first-order valence-electron chi connectivity index (χ1n) is 8.13. The largest absolute Gasteiger partial charge is 0.368 e. The van der Waals surface area contributed by atoms with Crippen LogP contribution < -0.4 is 11.1 Å². The number of carbonyl (C=O) groups excluding carboxylic acids is 1. The van der Waals surface area contributed by atoms with Crippen molar-refractivity contribution in [3.05, 3.63) is 11.6 Å². The Bertz CT molecular complexity index is 536. The fourth-order valence-corrected chi connectivity index (χ4v) is 5.00. The lowest BCUT2D eigenvalue weighted by Gasteiger charge is -2.29. The Labute approximate surface area is 135 Å².